The van der Waals surface area contributed by atoms with Crippen molar-refractivity contribution in [3.05, 3.63) is 60.2 Å². The molecule has 0 spiro atoms. The summed E-state index contributed by atoms with van der Waals surface area (Å²) in [5.74, 6) is -0.339. The molecule has 2 heterocycles. The Labute approximate surface area is 158 Å². The Balaban J connectivity index is 1.74. The van der Waals surface area contributed by atoms with Crippen LogP contribution in [-0.4, -0.2) is 52.0 Å². The number of morpholine rings is 1. The van der Waals surface area contributed by atoms with Crippen molar-refractivity contribution < 1.29 is 14.3 Å². The highest BCUT2D eigenvalue weighted by atomic mass is 16.5. The Kier molecular flexibility index (Phi) is 6.13. The highest BCUT2D eigenvalue weighted by Gasteiger charge is 2.42. The van der Waals surface area contributed by atoms with E-state index in [0.29, 0.717) is 13.0 Å². The van der Waals surface area contributed by atoms with Gasteiger partial charge < -0.3 is 15.0 Å². The first-order valence-electron chi connectivity index (χ1n) is 9.08. The first-order chi connectivity index (χ1) is 13.1. The Hall–Kier alpha value is -2.80. The molecular weight excluding hydrogens is 344 g/mol. The number of benzene rings is 1. The van der Waals surface area contributed by atoms with Gasteiger partial charge in [-0.05, 0) is 19.4 Å². The largest absolute Gasteiger partial charge is 0.356 e. The van der Waals surface area contributed by atoms with Gasteiger partial charge in [0, 0.05) is 37.6 Å². The minimum absolute atomic E-state index is 0.0403. The first kappa shape index (κ1) is 19.0. The van der Waals surface area contributed by atoms with Crippen LogP contribution in [-0.2, 0) is 20.7 Å². The lowest BCUT2D eigenvalue weighted by Crippen LogP contribution is -2.56. The van der Waals surface area contributed by atoms with Crippen molar-refractivity contribution >= 4 is 11.8 Å². The van der Waals surface area contributed by atoms with Crippen molar-refractivity contribution in [2.45, 2.75) is 38.5 Å². The molecule has 2 amide bonds. The Morgan fingerprint density at radius 1 is 1.30 bits per heavy atom. The van der Waals surface area contributed by atoms with Crippen molar-refractivity contribution in [3.63, 3.8) is 0 Å². The van der Waals surface area contributed by atoms with E-state index in [4.69, 9.17) is 4.74 Å². The molecule has 1 aliphatic heterocycles. The zero-order chi connectivity index (χ0) is 19.2. The molecule has 7 nitrogen and oxygen atoms in total. The zero-order valence-corrected chi connectivity index (χ0v) is 15.5. The maximum absolute atomic E-state index is 12.8. The average molecular weight is 368 g/mol. The van der Waals surface area contributed by atoms with Crippen LogP contribution >= 0.6 is 0 Å². The third-order valence-electron chi connectivity index (χ3n) is 4.51. The summed E-state index contributed by atoms with van der Waals surface area (Å²) in [6.45, 7) is 4.22. The van der Waals surface area contributed by atoms with Crippen LogP contribution in [0.4, 0.5) is 0 Å². The number of hydrogen-bond donors (Lipinski definition) is 1. The molecule has 1 N–H and O–H groups in total. The minimum atomic E-state index is -0.755. The van der Waals surface area contributed by atoms with Gasteiger partial charge >= 0.3 is 0 Å². The highest BCUT2D eigenvalue weighted by Crippen LogP contribution is 2.32. The molecular formula is C20H24N4O3. The fraction of sp³-hybridized carbons (Fsp3) is 0.400. The van der Waals surface area contributed by atoms with E-state index in [9.17, 15) is 9.59 Å². The molecule has 1 aliphatic rings. The molecule has 0 unspecified atom stereocenters. The Morgan fingerprint density at radius 3 is 2.74 bits per heavy atom. The molecule has 0 saturated carbocycles. The predicted molar refractivity (Wildman–Crippen MR) is 99.7 cm³/mol. The van der Waals surface area contributed by atoms with Crippen LogP contribution in [0.5, 0.6) is 0 Å². The molecule has 142 valence electrons. The van der Waals surface area contributed by atoms with Crippen LogP contribution in [0, 0.1) is 0 Å². The number of nitrogens with zero attached hydrogens (tertiary/aromatic N) is 3. The smallest absolute Gasteiger partial charge is 0.251 e. The van der Waals surface area contributed by atoms with Crippen LogP contribution in [0.15, 0.2) is 48.9 Å². The molecule has 3 rings (SSSR count). The van der Waals surface area contributed by atoms with Crippen LogP contribution in [0.3, 0.4) is 0 Å². The summed E-state index contributed by atoms with van der Waals surface area (Å²) in [6.07, 6.45) is 4.73. The summed E-state index contributed by atoms with van der Waals surface area (Å²) in [4.78, 5) is 35.2. The molecule has 1 aromatic heterocycles. The third-order valence-corrected chi connectivity index (χ3v) is 4.51. The lowest BCUT2D eigenvalue weighted by molar-refractivity contribution is -0.167. The molecule has 7 heteroatoms. The second-order valence-corrected chi connectivity index (χ2v) is 6.72. The summed E-state index contributed by atoms with van der Waals surface area (Å²) in [5.41, 5.74) is 1.69. The van der Waals surface area contributed by atoms with Gasteiger partial charge in [0.25, 0.3) is 5.91 Å². The predicted octanol–water partition coefficient (Wildman–Crippen LogP) is 1.51. The fourth-order valence-corrected chi connectivity index (χ4v) is 3.32. The summed E-state index contributed by atoms with van der Waals surface area (Å²) in [7, 11) is 0. The van der Waals surface area contributed by atoms with E-state index in [2.05, 4.69) is 15.3 Å². The average Bonchev–Trinajstić information content (AvgIpc) is 2.68. The van der Waals surface area contributed by atoms with Crippen molar-refractivity contribution in [1.29, 1.82) is 0 Å². The van der Waals surface area contributed by atoms with Gasteiger partial charge in [0.05, 0.1) is 11.7 Å². The van der Waals surface area contributed by atoms with Crippen molar-refractivity contribution in [2.75, 3.05) is 13.2 Å². The summed E-state index contributed by atoms with van der Waals surface area (Å²) in [6, 6.07) is 9.05. The zero-order valence-electron chi connectivity index (χ0n) is 15.5. The first-order valence-corrected chi connectivity index (χ1v) is 9.08. The van der Waals surface area contributed by atoms with Gasteiger partial charge in [-0.15, -0.1) is 0 Å². The van der Waals surface area contributed by atoms with E-state index in [1.54, 1.807) is 23.5 Å². The van der Waals surface area contributed by atoms with Crippen LogP contribution < -0.4 is 5.32 Å². The second kappa shape index (κ2) is 8.73. The van der Waals surface area contributed by atoms with E-state index >= 15 is 0 Å². The molecule has 27 heavy (non-hydrogen) atoms. The number of nitrogens with one attached hydrogen (secondary N) is 1. The van der Waals surface area contributed by atoms with Gasteiger partial charge in [-0.3, -0.25) is 19.6 Å². The second-order valence-electron chi connectivity index (χ2n) is 6.72. The van der Waals surface area contributed by atoms with Gasteiger partial charge in [0.15, 0.2) is 6.10 Å². The number of ether oxygens (including phenoxy) is 1. The van der Waals surface area contributed by atoms with Gasteiger partial charge in [-0.25, -0.2) is 0 Å². The SMILES string of the molecule is CC(C)N1C(=O)CO[C@H](C(=O)NCCc2cnccn2)[C@H]1c1ccccc1. The summed E-state index contributed by atoms with van der Waals surface area (Å²) in [5, 5.41) is 2.91. The van der Waals surface area contributed by atoms with Crippen LogP contribution in [0.25, 0.3) is 0 Å². The standard InChI is InChI=1S/C20H24N4O3/c1-14(2)24-17(25)13-27-19(18(24)15-6-4-3-5-7-15)20(26)23-9-8-16-12-21-10-11-22-16/h3-7,10-12,14,18-19H,8-9,13H2,1-2H3,(H,23,26)/t18-,19+/m1/s1. The maximum Gasteiger partial charge on any atom is 0.251 e. The van der Waals surface area contributed by atoms with Gasteiger partial charge in [0.2, 0.25) is 5.91 Å². The van der Waals surface area contributed by atoms with E-state index in [0.717, 1.165) is 11.3 Å². The van der Waals surface area contributed by atoms with Gasteiger partial charge in [-0.2, -0.15) is 0 Å². The summed E-state index contributed by atoms with van der Waals surface area (Å²) < 4.78 is 5.67. The molecule has 0 radical (unpaired) electrons. The minimum Gasteiger partial charge on any atom is -0.356 e. The molecule has 2 aromatic rings. The van der Waals surface area contributed by atoms with E-state index < -0.39 is 12.1 Å². The fourth-order valence-electron chi connectivity index (χ4n) is 3.32. The Bertz CT molecular complexity index is 767. The third kappa shape index (κ3) is 4.49. The molecule has 2 atom stereocenters. The normalized spacial score (nSPS) is 20.0. The number of aromatic nitrogens is 2. The van der Waals surface area contributed by atoms with E-state index in [1.807, 2.05) is 44.2 Å². The lowest BCUT2D eigenvalue weighted by Gasteiger charge is -2.42. The van der Waals surface area contributed by atoms with Gasteiger partial charge in [-0.1, -0.05) is 30.3 Å². The highest BCUT2D eigenvalue weighted by molar-refractivity contribution is 5.86. The number of carbonyl (C=O) groups is 2. The lowest BCUT2D eigenvalue weighted by atomic mass is 9.95. The topological polar surface area (TPSA) is 84.4 Å². The Morgan fingerprint density at radius 2 is 2.07 bits per heavy atom. The molecule has 1 aromatic carbocycles. The van der Waals surface area contributed by atoms with Crippen LogP contribution in [0.1, 0.15) is 31.1 Å². The quantitative estimate of drug-likeness (QED) is 0.836. The molecule has 1 fully saturated rings. The molecule has 0 bridgehead atoms. The monoisotopic (exact) mass is 368 g/mol. The number of rotatable bonds is 6. The van der Waals surface area contributed by atoms with E-state index in [-0.39, 0.29) is 24.5 Å². The number of amides is 2. The molecule has 0 aliphatic carbocycles. The number of hydrogen-bond acceptors (Lipinski definition) is 5. The maximum atomic E-state index is 12.8. The molecule has 1 saturated heterocycles. The number of carbonyl (C=O) groups excluding carboxylic acids is 2. The van der Waals surface area contributed by atoms with E-state index in [1.165, 1.54) is 0 Å². The van der Waals surface area contributed by atoms with Crippen molar-refractivity contribution in [1.82, 2.24) is 20.2 Å². The van der Waals surface area contributed by atoms with Crippen molar-refractivity contribution in [2.24, 2.45) is 0 Å². The van der Waals surface area contributed by atoms with Gasteiger partial charge in [0.1, 0.15) is 6.61 Å². The van der Waals surface area contributed by atoms with Crippen molar-refractivity contribution in [3.8, 4) is 0 Å². The van der Waals surface area contributed by atoms with Crippen LogP contribution in [0.2, 0.25) is 0 Å². The summed E-state index contributed by atoms with van der Waals surface area (Å²) >= 11 is 0.